The third-order valence-electron chi connectivity index (χ3n) is 2.57. The molecule has 0 unspecified atom stereocenters. The summed E-state index contributed by atoms with van der Waals surface area (Å²) in [6, 6.07) is 8.94. The number of amides is 2. The van der Waals surface area contributed by atoms with Gasteiger partial charge in [-0.25, -0.2) is 0 Å². The van der Waals surface area contributed by atoms with Crippen LogP contribution in [-0.4, -0.2) is 25.4 Å². The first-order valence-electron chi connectivity index (χ1n) is 5.53. The minimum Gasteiger partial charge on any atom is -0.359 e. The predicted octanol–water partition coefficient (Wildman–Crippen LogP) is 1.19. The lowest BCUT2D eigenvalue weighted by molar-refractivity contribution is -0.128. The van der Waals surface area contributed by atoms with Crippen LogP contribution in [0.15, 0.2) is 30.3 Å². The van der Waals surface area contributed by atoms with Crippen molar-refractivity contribution in [2.24, 2.45) is 5.41 Å². The van der Waals surface area contributed by atoms with Crippen molar-refractivity contribution in [1.29, 1.82) is 0 Å². The highest BCUT2D eigenvalue weighted by Crippen LogP contribution is 2.13. The smallest absolute Gasteiger partial charge is 0.251 e. The van der Waals surface area contributed by atoms with E-state index < -0.39 is 5.41 Å². The third kappa shape index (κ3) is 3.59. The van der Waals surface area contributed by atoms with Gasteiger partial charge in [0.2, 0.25) is 5.91 Å². The minimum atomic E-state index is -0.612. The van der Waals surface area contributed by atoms with Gasteiger partial charge in [0.1, 0.15) is 0 Å². The van der Waals surface area contributed by atoms with Crippen LogP contribution in [0.1, 0.15) is 24.2 Å². The lowest BCUT2D eigenvalue weighted by Gasteiger charge is -2.22. The van der Waals surface area contributed by atoms with E-state index in [-0.39, 0.29) is 11.8 Å². The van der Waals surface area contributed by atoms with Crippen molar-refractivity contribution < 1.29 is 9.59 Å². The molecule has 0 saturated carbocycles. The molecule has 0 saturated heterocycles. The zero-order valence-corrected chi connectivity index (χ0v) is 10.4. The predicted molar refractivity (Wildman–Crippen MR) is 66.6 cm³/mol. The number of benzene rings is 1. The SMILES string of the molecule is CNC(=O)C(C)(C)CNC(=O)c1ccccc1. The maximum Gasteiger partial charge on any atom is 0.251 e. The Balaban J connectivity index is 2.57. The van der Waals surface area contributed by atoms with Gasteiger partial charge in [0.25, 0.3) is 5.91 Å². The highest BCUT2D eigenvalue weighted by molar-refractivity contribution is 5.94. The van der Waals surface area contributed by atoms with Gasteiger partial charge in [-0.1, -0.05) is 18.2 Å². The molecule has 17 heavy (non-hydrogen) atoms. The Labute approximate surface area is 101 Å². The fraction of sp³-hybridized carbons (Fsp3) is 0.385. The zero-order valence-electron chi connectivity index (χ0n) is 10.4. The Morgan fingerprint density at radius 3 is 2.29 bits per heavy atom. The van der Waals surface area contributed by atoms with Gasteiger partial charge >= 0.3 is 0 Å². The van der Waals surface area contributed by atoms with Gasteiger partial charge in [-0.15, -0.1) is 0 Å². The molecule has 0 bridgehead atoms. The molecule has 1 aromatic carbocycles. The zero-order chi connectivity index (χ0) is 12.9. The van der Waals surface area contributed by atoms with E-state index in [0.29, 0.717) is 12.1 Å². The summed E-state index contributed by atoms with van der Waals surface area (Å²) in [5.41, 5.74) is -0.0145. The molecule has 0 radical (unpaired) electrons. The van der Waals surface area contributed by atoms with Gasteiger partial charge in [0, 0.05) is 19.2 Å². The molecule has 4 heteroatoms. The van der Waals surface area contributed by atoms with E-state index in [0.717, 1.165) is 0 Å². The molecular formula is C13H18N2O2. The Kier molecular flexibility index (Phi) is 4.26. The van der Waals surface area contributed by atoms with Crippen molar-refractivity contribution >= 4 is 11.8 Å². The largest absolute Gasteiger partial charge is 0.359 e. The Morgan fingerprint density at radius 2 is 1.76 bits per heavy atom. The molecule has 2 amide bonds. The summed E-state index contributed by atoms with van der Waals surface area (Å²) in [6.45, 7) is 3.88. The summed E-state index contributed by atoms with van der Waals surface area (Å²) in [5, 5.41) is 5.33. The number of carbonyl (C=O) groups excluding carboxylic acids is 2. The second-order valence-electron chi connectivity index (χ2n) is 4.51. The van der Waals surface area contributed by atoms with E-state index in [1.54, 1.807) is 45.2 Å². The number of nitrogens with one attached hydrogen (secondary N) is 2. The maximum absolute atomic E-state index is 11.8. The van der Waals surface area contributed by atoms with Gasteiger partial charge in [0.15, 0.2) is 0 Å². The number of rotatable bonds is 4. The summed E-state index contributed by atoms with van der Waals surface area (Å²) < 4.78 is 0. The van der Waals surface area contributed by atoms with E-state index in [1.807, 2.05) is 6.07 Å². The van der Waals surface area contributed by atoms with Crippen LogP contribution in [0.3, 0.4) is 0 Å². The third-order valence-corrected chi connectivity index (χ3v) is 2.57. The Bertz CT molecular complexity index is 399. The highest BCUT2D eigenvalue weighted by atomic mass is 16.2. The van der Waals surface area contributed by atoms with Crippen LogP contribution in [-0.2, 0) is 4.79 Å². The van der Waals surface area contributed by atoms with Gasteiger partial charge < -0.3 is 10.6 Å². The normalized spacial score (nSPS) is 10.8. The van der Waals surface area contributed by atoms with Crippen molar-refractivity contribution in [3.8, 4) is 0 Å². The van der Waals surface area contributed by atoms with E-state index in [9.17, 15) is 9.59 Å². The van der Waals surface area contributed by atoms with Crippen LogP contribution in [0.2, 0.25) is 0 Å². The van der Waals surface area contributed by atoms with Crippen molar-refractivity contribution in [1.82, 2.24) is 10.6 Å². The summed E-state index contributed by atoms with van der Waals surface area (Å²) in [6.07, 6.45) is 0. The van der Waals surface area contributed by atoms with Crippen LogP contribution >= 0.6 is 0 Å². The number of carbonyl (C=O) groups is 2. The van der Waals surface area contributed by atoms with E-state index in [4.69, 9.17) is 0 Å². The first-order chi connectivity index (χ1) is 7.97. The van der Waals surface area contributed by atoms with Gasteiger partial charge in [-0.2, -0.15) is 0 Å². The van der Waals surface area contributed by atoms with Gasteiger partial charge in [0.05, 0.1) is 5.41 Å². The second-order valence-corrected chi connectivity index (χ2v) is 4.51. The molecule has 92 valence electrons. The molecule has 0 aliphatic carbocycles. The number of hydrogen-bond donors (Lipinski definition) is 2. The maximum atomic E-state index is 11.8. The fourth-order valence-corrected chi connectivity index (χ4v) is 1.41. The van der Waals surface area contributed by atoms with E-state index >= 15 is 0 Å². The topological polar surface area (TPSA) is 58.2 Å². The van der Waals surface area contributed by atoms with Crippen molar-refractivity contribution in [3.63, 3.8) is 0 Å². The monoisotopic (exact) mass is 234 g/mol. The molecule has 0 atom stereocenters. The summed E-state index contributed by atoms with van der Waals surface area (Å²) in [4.78, 5) is 23.3. The second kappa shape index (κ2) is 5.48. The molecule has 0 spiro atoms. The quantitative estimate of drug-likeness (QED) is 0.822. The first-order valence-corrected chi connectivity index (χ1v) is 5.53. The lowest BCUT2D eigenvalue weighted by atomic mass is 9.92. The highest BCUT2D eigenvalue weighted by Gasteiger charge is 2.27. The average molecular weight is 234 g/mol. The molecule has 2 N–H and O–H groups in total. The van der Waals surface area contributed by atoms with Crippen molar-refractivity contribution in [3.05, 3.63) is 35.9 Å². The van der Waals surface area contributed by atoms with Crippen LogP contribution in [0, 0.1) is 5.41 Å². The molecule has 0 heterocycles. The Morgan fingerprint density at radius 1 is 1.18 bits per heavy atom. The van der Waals surface area contributed by atoms with Crippen molar-refractivity contribution in [2.45, 2.75) is 13.8 Å². The van der Waals surface area contributed by atoms with E-state index in [2.05, 4.69) is 10.6 Å². The first kappa shape index (κ1) is 13.2. The van der Waals surface area contributed by atoms with Gasteiger partial charge in [-0.05, 0) is 26.0 Å². The van der Waals surface area contributed by atoms with Crippen LogP contribution in [0.5, 0.6) is 0 Å². The molecule has 4 nitrogen and oxygen atoms in total. The van der Waals surface area contributed by atoms with Crippen LogP contribution < -0.4 is 10.6 Å². The summed E-state index contributed by atoms with van der Waals surface area (Å²) in [7, 11) is 1.59. The molecular weight excluding hydrogens is 216 g/mol. The average Bonchev–Trinajstić information content (AvgIpc) is 2.36. The summed E-state index contributed by atoms with van der Waals surface area (Å²) >= 11 is 0. The minimum absolute atomic E-state index is 0.0918. The molecule has 0 aliphatic rings. The number of hydrogen-bond acceptors (Lipinski definition) is 2. The molecule has 1 rings (SSSR count). The van der Waals surface area contributed by atoms with E-state index in [1.165, 1.54) is 0 Å². The van der Waals surface area contributed by atoms with Crippen LogP contribution in [0.4, 0.5) is 0 Å². The lowest BCUT2D eigenvalue weighted by Crippen LogP contribution is -2.43. The summed E-state index contributed by atoms with van der Waals surface area (Å²) in [5.74, 6) is -0.256. The Hall–Kier alpha value is -1.84. The van der Waals surface area contributed by atoms with Crippen LogP contribution in [0.25, 0.3) is 0 Å². The molecule has 0 aliphatic heterocycles. The standard InChI is InChI=1S/C13H18N2O2/c1-13(2,12(17)14-3)9-15-11(16)10-7-5-4-6-8-10/h4-8H,9H2,1-3H3,(H,14,17)(H,15,16). The molecule has 0 aromatic heterocycles. The molecule has 1 aromatic rings. The van der Waals surface area contributed by atoms with Gasteiger partial charge in [-0.3, -0.25) is 9.59 Å². The fourth-order valence-electron chi connectivity index (χ4n) is 1.41. The molecule has 0 fully saturated rings. The van der Waals surface area contributed by atoms with Crippen molar-refractivity contribution in [2.75, 3.05) is 13.6 Å².